The third kappa shape index (κ3) is 3.44. The second-order valence-corrected chi connectivity index (χ2v) is 6.22. The molecule has 0 saturated heterocycles. The number of rotatable bonds is 5. The molecular formula is C22H18O5. The molecule has 5 heteroatoms. The van der Waals surface area contributed by atoms with Crippen LogP contribution >= 0.6 is 0 Å². The van der Waals surface area contributed by atoms with Gasteiger partial charge in [0.2, 0.25) is 0 Å². The van der Waals surface area contributed by atoms with E-state index in [1.807, 2.05) is 36.4 Å². The van der Waals surface area contributed by atoms with Gasteiger partial charge >= 0.3 is 5.97 Å². The average molecular weight is 362 g/mol. The number of aromatic carboxylic acids is 1. The van der Waals surface area contributed by atoms with Crippen molar-refractivity contribution in [1.82, 2.24) is 0 Å². The zero-order valence-electron chi connectivity index (χ0n) is 14.5. The molecule has 1 atom stereocenters. The first kappa shape index (κ1) is 17.0. The summed E-state index contributed by atoms with van der Waals surface area (Å²) in [6, 6.07) is 10.9. The number of hydrogen-bond donors (Lipinski definition) is 1. The second kappa shape index (κ2) is 7.41. The average Bonchev–Trinajstić information content (AvgIpc) is 2.73. The quantitative estimate of drug-likeness (QED) is 0.818. The van der Waals surface area contributed by atoms with E-state index in [4.69, 9.17) is 14.2 Å². The van der Waals surface area contributed by atoms with Crippen LogP contribution in [-0.2, 0) is 9.47 Å². The van der Waals surface area contributed by atoms with E-state index in [1.165, 1.54) is 18.8 Å². The SMILES string of the molecule is O=C(O)c1ccc2ccccc2c1OC(C1=CC=CCC1)C1=COC=CO1. The Morgan fingerprint density at radius 3 is 2.78 bits per heavy atom. The molecule has 0 radical (unpaired) electrons. The number of allylic oxidation sites excluding steroid dienone is 3. The number of benzene rings is 2. The highest BCUT2D eigenvalue weighted by molar-refractivity contribution is 6.00. The minimum atomic E-state index is -1.04. The zero-order chi connectivity index (χ0) is 18.6. The van der Waals surface area contributed by atoms with Crippen LogP contribution < -0.4 is 4.74 Å². The largest absolute Gasteiger partial charge is 0.478 e. The maximum atomic E-state index is 11.8. The zero-order valence-corrected chi connectivity index (χ0v) is 14.5. The van der Waals surface area contributed by atoms with Crippen molar-refractivity contribution in [3.05, 3.63) is 90.3 Å². The predicted octanol–water partition coefficient (Wildman–Crippen LogP) is 4.92. The monoisotopic (exact) mass is 362 g/mol. The highest BCUT2D eigenvalue weighted by Crippen LogP contribution is 2.35. The normalized spacial score (nSPS) is 16.7. The van der Waals surface area contributed by atoms with Crippen LogP contribution in [0.25, 0.3) is 10.8 Å². The Balaban J connectivity index is 1.82. The van der Waals surface area contributed by atoms with E-state index in [1.54, 1.807) is 12.1 Å². The Hall–Kier alpha value is -3.47. The molecule has 4 rings (SSSR count). The van der Waals surface area contributed by atoms with Gasteiger partial charge in [0.05, 0.1) is 0 Å². The molecule has 1 heterocycles. The number of carboxylic acid groups (broad SMARTS) is 1. The lowest BCUT2D eigenvalue weighted by atomic mass is 9.98. The van der Waals surface area contributed by atoms with E-state index in [0.29, 0.717) is 11.5 Å². The molecule has 27 heavy (non-hydrogen) atoms. The molecule has 5 nitrogen and oxygen atoms in total. The van der Waals surface area contributed by atoms with Crippen molar-refractivity contribution in [3.8, 4) is 5.75 Å². The summed E-state index contributed by atoms with van der Waals surface area (Å²) in [7, 11) is 0. The van der Waals surface area contributed by atoms with Crippen LogP contribution in [0, 0.1) is 0 Å². The van der Waals surface area contributed by atoms with Gasteiger partial charge < -0.3 is 19.3 Å². The summed E-state index contributed by atoms with van der Waals surface area (Å²) in [4.78, 5) is 11.8. The van der Waals surface area contributed by atoms with Gasteiger partial charge in [0.1, 0.15) is 30.1 Å². The van der Waals surface area contributed by atoms with Crippen LogP contribution in [0.3, 0.4) is 0 Å². The molecule has 2 aromatic carbocycles. The molecule has 1 unspecified atom stereocenters. The lowest BCUT2D eigenvalue weighted by molar-refractivity contribution is 0.0689. The first-order chi connectivity index (χ1) is 13.2. The first-order valence-corrected chi connectivity index (χ1v) is 8.68. The van der Waals surface area contributed by atoms with Crippen molar-refractivity contribution in [2.75, 3.05) is 0 Å². The Labute approximate surface area is 156 Å². The Kier molecular flexibility index (Phi) is 4.66. The summed E-state index contributed by atoms with van der Waals surface area (Å²) < 4.78 is 17.2. The predicted molar refractivity (Wildman–Crippen MR) is 101 cm³/mol. The van der Waals surface area contributed by atoms with Gasteiger partial charge in [0.25, 0.3) is 0 Å². The van der Waals surface area contributed by atoms with Gasteiger partial charge in [0.15, 0.2) is 11.9 Å². The molecule has 2 aromatic rings. The third-order valence-corrected chi connectivity index (χ3v) is 4.51. The van der Waals surface area contributed by atoms with Gasteiger partial charge in [-0.05, 0) is 29.9 Å². The third-order valence-electron chi connectivity index (χ3n) is 4.51. The van der Waals surface area contributed by atoms with Crippen LogP contribution in [0.4, 0.5) is 0 Å². The maximum absolute atomic E-state index is 11.8. The van der Waals surface area contributed by atoms with Gasteiger partial charge in [0, 0.05) is 5.39 Å². The van der Waals surface area contributed by atoms with Crippen molar-refractivity contribution in [2.45, 2.75) is 18.9 Å². The Bertz CT molecular complexity index is 997. The van der Waals surface area contributed by atoms with Crippen LogP contribution in [0.5, 0.6) is 5.75 Å². The van der Waals surface area contributed by atoms with Crippen molar-refractivity contribution >= 4 is 16.7 Å². The van der Waals surface area contributed by atoms with E-state index in [9.17, 15) is 9.90 Å². The van der Waals surface area contributed by atoms with Crippen LogP contribution in [-0.4, -0.2) is 17.2 Å². The molecule has 0 amide bonds. The molecule has 1 aliphatic heterocycles. The topological polar surface area (TPSA) is 65.0 Å². The number of carboxylic acids is 1. The van der Waals surface area contributed by atoms with E-state index in [-0.39, 0.29) is 5.56 Å². The molecule has 2 aliphatic rings. The van der Waals surface area contributed by atoms with E-state index in [2.05, 4.69) is 6.08 Å². The van der Waals surface area contributed by atoms with Crippen LogP contribution in [0.2, 0.25) is 0 Å². The van der Waals surface area contributed by atoms with Gasteiger partial charge in [-0.25, -0.2) is 4.79 Å². The smallest absolute Gasteiger partial charge is 0.339 e. The first-order valence-electron chi connectivity index (χ1n) is 8.68. The summed E-state index contributed by atoms with van der Waals surface area (Å²) >= 11 is 0. The fourth-order valence-electron chi connectivity index (χ4n) is 3.21. The van der Waals surface area contributed by atoms with E-state index < -0.39 is 12.1 Å². The van der Waals surface area contributed by atoms with Crippen molar-refractivity contribution in [2.24, 2.45) is 0 Å². The molecule has 0 saturated carbocycles. The lowest BCUT2D eigenvalue weighted by Crippen LogP contribution is -2.25. The summed E-state index contributed by atoms with van der Waals surface area (Å²) in [6.07, 6.45) is 11.5. The molecule has 1 N–H and O–H groups in total. The summed E-state index contributed by atoms with van der Waals surface area (Å²) in [5.41, 5.74) is 1.10. The number of carbonyl (C=O) groups is 1. The van der Waals surface area contributed by atoms with E-state index >= 15 is 0 Å². The van der Waals surface area contributed by atoms with Crippen molar-refractivity contribution in [3.63, 3.8) is 0 Å². The molecular weight excluding hydrogens is 344 g/mol. The standard InChI is InChI=1S/C22H18O5/c23-22(24)18-11-10-15-6-4-5-9-17(15)21(18)27-20(16-7-2-1-3-8-16)19-14-25-12-13-26-19/h1-2,4-7,9-14,20H,3,8H2,(H,23,24). The second-order valence-electron chi connectivity index (χ2n) is 6.22. The van der Waals surface area contributed by atoms with Gasteiger partial charge in [-0.3, -0.25) is 0 Å². The van der Waals surface area contributed by atoms with Gasteiger partial charge in [-0.15, -0.1) is 0 Å². The summed E-state index contributed by atoms with van der Waals surface area (Å²) in [6.45, 7) is 0. The van der Waals surface area contributed by atoms with Gasteiger partial charge in [-0.2, -0.15) is 0 Å². The van der Waals surface area contributed by atoms with Crippen LogP contribution in [0.1, 0.15) is 23.2 Å². The maximum Gasteiger partial charge on any atom is 0.339 e. The molecule has 0 fully saturated rings. The Morgan fingerprint density at radius 1 is 1.15 bits per heavy atom. The number of hydrogen-bond acceptors (Lipinski definition) is 4. The van der Waals surface area contributed by atoms with Crippen molar-refractivity contribution < 1.29 is 24.1 Å². The highest BCUT2D eigenvalue weighted by Gasteiger charge is 2.27. The van der Waals surface area contributed by atoms with Crippen molar-refractivity contribution in [1.29, 1.82) is 0 Å². The number of ether oxygens (including phenoxy) is 3. The number of fused-ring (bicyclic) bond motifs is 1. The lowest BCUT2D eigenvalue weighted by Gasteiger charge is -2.26. The minimum Gasteiger partial charge on any atom is -0.478 e. The van der Waals surface area contributed by atoms with Crippen LogP contribution in [0.15, 0.2) is 84.7 Å². The molecule has 0 spiro atoms. The fourth-order valence-corrected chi connectivity index (χ4v) is 3.21. The molecule has 1 aliphatic carbocycles. The highest BCUT2D eigenvalue weighted by atomic mass is 16.6. The fraction of sp³-hybridized carbons (Fsp3) is 0.136. The van der Waals surface area contributed by atoms with Gasteiger partial charge in [-0.1, -0.05) is 48.6 Å². The molecule has 136 valence electrons. The minimum absolute atomic E-state index is 0.110. The Morgan fingerprint density at radius 2 is 2.04 bits per heavy atom. The summed E-state index contributed by atoms with van der Waals surface area (Å²) in [5.74, 6) is -0.245. The summed E-state index contributed by atoms with van der Waals surface area (Å²) in [5, 5.41) is 11.3. The molecule has 0 aromatic heterocycles. The van der Waals surface area contributed by atoms with E-state index in [0.717, 1.165) is 29.2 Å². The molecule has 0 bridgehead atoms.